The first-order chi connectivity index (χ1) is 7.86. The number of nitrogen functional groups attached to an aromatic ring is 1. The third-order valence-electron chi connectivity index (χ3n) is 1.91. The third kappa shape index (κ3) is 2.83. The lowest BCUT2D eigenvalue weighted by Crippen LogP contribution is -2.12. The van der Waals surface area contributed by atoms with Gasteiger partial charge in [0, 0.05) is 0 Å². The van der Waals surface area contributed by atoms with Crippen LogP contribution in [0.15, 0.2) is 29.8 Å². The standard InChI is InChI=1S/C10H12N4OS/c11-8-3-1-2-4-9(8)15-6-5-12-10-14-13-7-16-10/h1-4,7H,5-6,11H2,(H,12,14). The molecule has 3 N–H and O–H groups in total. The molecule has 0 aliphatic carbocycles. The van der Waals surface area contributed by atoms with Crippen molar-refractivity contribution in [3.05, 3.63) is 29.8 Å². The van der Waals surface area contributed by atoms with Crippen LogP contribution in [0.5, 0.6) is 5.75 Å². The predicted octanol–water partition coefficient (Wildman–Crippen LogP) is 1.61. The SMILES string of the molecule is Nc1ccccc1OCCNc1nncs1. The van der Waals surface area contributed by atoms with Gasteiger partial charge in [-0.05, 0) is 12.1 Å². The molecule has 16 heavy (non-hydrogen) atoms. The van der Waals surface area contributed by atoms with E-state index in [1.165, 1.54) is 11.3 Å². The Morgan fingerprint density at radius 1 is 1.38 bits per heavy atom. The topological polar surface area (TPSA) is 73.1 Å². The van der Waals surface area contributed by atoms with Crippen molar-refractivity contribution in [3.63, 3.8) is 0 Å². The lowest BCUT2D eigenvalue weighted by Gasteiger charge is -2.08. The van der Waals surface area contributed by atoms with Gasteiger partial charge in [0.1, 0.15) is 17.9 Å². The molecular weight excluding hydrogens is 224 g/mol. The van der Waals surface area contributed by atoms with Gasteiger partial charge in [-0.2, -0.15) is 0 Å². The van der Waals surface area contributed by atoms with Crippen molar-refractivity contribution in [2.75, 3.05) is 24.2 Å². The van der Waals surface area contributed by atoms with E-state index < -0.39 is 0 Å². The van der Waals surface area contributed by atoms with E-state index in [0.717, 1.165) is 5.13 Å². The van der Waals surface area contributed by atoms with Crippen LogP contribution in [0.2, 0.25) is 0 Å². The summed E-state index contributed by atoms with van der Waals surface area (Å²) in [6.45, 7) is 1.21. The molecule has 1 aromatic carbocycles. The summed E-state index contributed by atoms with van der Waals surface area (Å²) < 4.78 is 5.50. The zero-order valence-electron chi connectivity index (χ0n) is 8.59. The second-order valence-corrected chi connectivity index (χ2v) is 3.89. The Bertz CT molecular complexity index is 432. The first-order valence-corrected chi connectivity index (χ1v) is 5.71. The van der Waals surface area contributed by atoms with E-state index in [9.17, 15) is 0 Å². The van der Waals surface area contributed by atoms with Crippen molar-refractivity contribution in [2.45, 2.75) is 0 Å². The lowest BCUT2D eigenvalue weighted by molar-refractivity contribution is 0.334. The van der Waals surface area contributed by atoms with E-state index in [2.05, 4.69) is 15.5 Å². The molecule has 2 rings (SSSR count). The maximum absolute atomic E-state index is 5.73. The van der Waals surface area contributed by atoms with Crippen LogP contribution in [0.4, 0.5) is 10.8 Å². The molecule has 0 bridgehead atoms. The van der Waals surface area contributed by atoms with Crippen LogP contribution in [0.1, 0.15) is 0 Å². The minimum atomic E-state index is 0.536. The number of nitrogens with one attached hydrogen (secondary N) is 1. The van der Waals surface area contributed by atoms with E-state index in [4.69, 9.17) is 10.5 Å². The van der Waals surface area contributed by atoms with Crippen molar-refractivity contribution >= 4 is 22.2 Å². The number of nitrogens with two attached hydrogens (primary N) is 1. The van der Waals surface area contributed by atoms with Crippen LogP contribution in [0.3, 0.4) is 0 Å². The summed E-state index contributed by atoms with van der Waals surface area (Å²) in [5, 5.41) is 11.5. The summed E-state index contributed by atoms with van der Waals surface area (Å²) in [4.78, 5) is 0. The maximum Gasteiger partial charge on any atom is 0.205 e. The molecule has 1 heterocycles. The molecule has 5 nitrogen and oxygen atoms in total. The van der Waals surface area contributed by atoms with Gasteiger partial charge in [-0.3, -0.25) is 0 Å². The molecule has 0 radical (unpaired) electrons. The zero-order valence-corrected chi connectivity index (χ0v) is 9.41. The Balaban J connectivity index is 1.74. The average Bonchev–Trinajstić information content (AvgIpc) is 2.79. The zero-order chi connectivity index (χ0) is 11.2. The van der Waals surface area contributed by atoms with E-state index in [1.807, 2.05) is 24.3 Å². The highest BCUT2D eigenvalue weighted by molar-refractivity contribution is 7.13. The summed E-state index contributed by atoms with van der Waals surface area (Å²) in [6, 6.07) is 7.43. The van der Waals surface area contributed by atoms with Gasteiger partial charge in [0.25, 0.3) is 0 Å². The minimum absolute atomic E-state index is 0.536. The van der Waals surface area contributed by atoms with Crippen LogP contribution < -0.4 is 15.8 Å². The number of hydrogen-bond donors (Lipinski definition) is 2. The van der Waals surface area contributed by atoms with Crippen molar-refractivity contribution in [1.82, 2.24) is 10.2 Å². The fraction of sp³-hybridized carbons (Fsp3) is 0.200. The van der Waals surface area contributed by atoms with Crippen molar-refractivity contribution in [3.8, 4) is 5.75 Å². The fourth-order valence-electron chi connectivity index (χ4n) is 1.18. The molecular formula is C10H12N4OS. The monoisotopic (exact) mass is 236 g/mol. The molecule has 0 aliphatic heterocycles. The summed E-state index contributed by atoms with van der Waals surface area (Å²) in [6.07, 6.45) is 0. The molecule has 0 saturated heterocycles. The van der Waals surface area contributed by atoms with Crippen LogP contribution in [-0.4, -0.2) is 23.3 Å². The van der Waals surface area contributed by atoms with Gasteiger partial charge in [0.15, 0.2) is 0 Å². The minimum Gasteiger partial charge on any atom is -0.490 e. The van der Waals surface area contributed by atoms with E-state index in [0.29, 0.717) is 24.6 Å². The van der Waals surface area contributed by atoms with Gasteiger partial charge in [-0.25, -0.2) is 0 Å². The quantitative estimate of drug-likeness (QED) is 0.609. The van der Waals surface area contributed by atoms with Crippen LogP contribution in [0.25, 0.3) is 0 Å². The highest BCUT2D eigenvalue weighted by Gasteiger charge is 1.98. The molecule has 0 fully saturated rings. The number of ether oxygens (including phenoxy) is 1. The smallest absolute Gasteiger partial charge is 0.205 e. The Kier molecular flexibility index (Phi) is 3.55. The molecule has 1 aromatic heterocycles. The van der Waals surface area contributed by atoms with Crippen molar-refractivity contribution in [2.24, 2.45) is 0 Å². The Hall–Kier alpha value is -1.82. The molecule has 0 aliphatic rings. The molecule has 2 aromatic rings. The van der Waals surface area contributed by atoms with E-state index >= 15 is 0 Å². The summed E-state index contributed by atoms with van der Waals surface area (Å²) in [7, 11) is 0. The predicted molar refractivity (Wildman–Crippen MR) is 64.7 cm³/mol. The van der Waals surface area contributed by atoms with E-state index in [1.54, 1.807) is 5.51 Å². The average molecular weight is 236 g/mol. The first-order valence-electron chi connectivity index (χ1n) is 4.83. The molecule has 0 atom stereocenters. The maximum atomic E-state index is 5.73. The second kappa shape index (κ2) is 5.32. The van der Waals surface area contributed by atoms with Gasteiger partial charge in [-0.1, -0.05) is 23.5 Å². The number of rotatable bonds is 5. The number of hydrogen-bond acceptors (Lipinski definition) is 6. The van der Waals surface area contributed by atoms with Gasteiger partial charge in [-0.15, -0.1) is 10.2 Å². The first kappa shape index (κ1) is 10.7. The molecule has 0 amide bonds. The number of benzene rings is 1. The van der Waals surface area contributed by atoms with Crippen LogP contribution in [0, 0.1) is 0 Å². The molecule has 0 spiro atoms. The third-order valence-corrected chi connectivity index (χ3v) is 2.56. The number of aromatic nitrogens is 2. The normalized spacial score (nSPS) is 10.0. The number of anilines is 2. The Labute approximate surface area is 97.3 Å². The number of para-hydroxylation sites is 2. The van der Waals surface area contributed by atoms with Gasteiger partial charge in [0.2, 0.25) is 5.13 Å². The van der Waals surface area contributed by atoms with Gasteiger partial charge >= 0.3 is 0 Å². The van der Waals surface area contributed by atoms with Gasteiger partial charge in [0.05, 0.1) is 12.2 Å². The molecule has 84 valence electrons. The summed E-state index contributed by atoms with van der Waals surface area (Å²) in [5.74, 6) is 0.710. The Morgan fingerprint density at radius 2 is 2.25 bits per heavy atom. The Morgan fingerprint density at radius 3 is 3.00 bits per heavy atom. The largest absolute Gasteiger partial charge is 0.490 e. The van der Waals surface area contributed by atoms with E-state index in [-0.39, 0.29) is 0 Å². The molecule has 6 heteroatoms. The highest BCUT2D eigenvalue weighted by atomic mass is 32.1. The van der Waals surface area contributed by atoms with Crippen LogP contribution >= 0.6 is 11.3 Å². The lowest BCUT2D eigenvalue weighted by atomic mass is 10.3. The number of nitrogens with zero attached hydrogens (tertiary/aromatic N) is 2. The van der Waals surface area contributed by atoms with Crippen molar-refractivity contribution < 1.29 is 4.74 Å². The fourth-order valence-corrected chi connectivity index (χ4v) is 1.65. The molecule has 0 unspecified atom stereocenters. The second-order valence-electron chi connectivity index (χ2n) is 3.06. The summed E-state index contributed by atoms with van der Waals surface area (Å²) in [5.41, 5.74) is 8.06. The van der Waals surface area contributed by atoms with Gasteiger partial charge < -0.3 is 15.8 Å². The highest BCUT2D eigenvalue weighted by Crippen LogP contribution is 2.19. The summed E-state index contributed by atoms with van der Waals surface area (Å²) >= 11 is 1.46. The van der Waals surface area contributed by atoms with Crippen molar-refractivity contribution in [1.29, 1.82) is 0 Å². The van der Waals surface area contributed by atoms with Crippen LogP contribution in [-0.2, 0) is 0 Å². The molecule has 0 saturated carbocycles.